The van der Waals surface area contributed by atoms with Gasteiger partial charge in [-0.2, -0.15) is 0 Å². The Labute approximate surface area is 80.0 Å². The van der Waals surface area contributed by atoms with E-state index in [4.69, 9.17) is 16.0 Å². The number of hydrogen-bond acceptors (Lipinski definition) is 3. The maximum Gasteiger partial charge on any atom is 0.291 e. The number of pyridine rings is 1. The Hall–Kier alpha value is -1.22. The first-order valence-corrected chi connectivity index (χ1v) is 4.36. The first kappa shape index (κ1) is 8.38. The number of rotatable bonds is 1. The highest BCUT2D eigenvalue weighted by molar-refractivity contribution is 6.30. The lowest BCUT2D eigenvalue weighted by atomic mass is 10.2. The van der Waals surface area contributed by atoms with Gasteiger partial charge in [0.2, 0.25) is 0 Å². The fourth-order valence-electron chi connectivity index (χ4n) is 1.32. The molecule has 0 spiro atoms. The Bertz CT molecular complexity index is 450. The molecule has 0 aliphatic rings. The maximum absolute atomic E-state index is 9.36. The van der Waals surface area contributed by atoms with Crippen LogP contribution in [0, 0.1) is 0 Å². The number of nitrogens with zero attached hydrogens (tertiary/aromatic N) is 1. The summed E-state index contributed by atoms with van der Waals surface area (Å²) in [7, 11) is 0. The molecule has 1 N–H and O–H groups in total. The largest absolute Gasteiger partial charge is 0.480 e. The molecule has 2 heterocycles. The minimum atomic E-state index is -0.0870. The summed E-state index contributed by atoms with van der Waals surface area (Å²) in [4.78, 5) is 3.86. The molecule has 0 amide bonds. The van der Waals surface area contributed by atoms with E-state index < -0.39 is 0 Å². The summed E-state index contributed by atoms with van der Waals surface area (Å²) in [6.45, 7) is 1.95. The predicted octanol–water partition coefficient (Wildman–Crippen LogP) is 2.75. The van der Waals surface area contributed by atoms with Crippen molar-refractivity contribution < 1.29 is 9.52 Å². The average molecular weight is 198 g/mol. The fraction of sp³-hybridized carbons (Fsp3) is 0.222. The average Bonchev–Trinajstić information content (AvgIpc) is 2.42. The van der Waals surface area contributed by atoms with Crippen LogP contribution in [0.2, 0.25) is 5.15 Å². The number of fused-ring (bicyclic) bond motifs is 1. The van der Waals surface area contributed by atoms with Gasteiger partial charge in [0.15, 0.2) is 0 Å². The molecule has 4 heteroatoms. The molecule has 0 atom stereocenters. The Morgan fingerprint density at radius 3 is 3.00 bits per heavy atom. The van der Waals surface area contributed by atoms with Gasteiger partial charge >= 0.3 is 0 Å². The molecule has 2 aromatic rings. The van der Waals surface area contributed by atoms with Gasteiger partial charge < -0.3 is 9.52 Å². The van der Waals surface area contributed by atoms with Gasteiger partial charge in [0, 0.05) is 18.0 Å². The van der Waals surface area contributed by atoms with Gasteiger partial charge in [-0.1, -0.05) is 18.5 Å². The Morgan fingerprint density at radius 1 is 1.54 bits per heavy atom. The van der Waals surface area contributed by atoms with E-state index in [-0.39, 0.29) is 5.95 Å². The van der Waals surface area contributed by atoms with Gasteiger partial charge in [0.1, 0.15) is 10.9 Å². The standard InChI is InChI=1S/C9H8ClNO2/c1-2-7-5-3-8(10)11-4-6(5)9(12)13-7/h3-4,12H,2H2,1H3. The lowest BCUT2D eigenvalue weighted by Crippen LogP contribution is -1.77. The zero-order valence-corrected chi connectivity index (χ0v) is 7.80. The second-order valence-corrected chi connectivity index (χ2v) is 3.12. The lowest BCUT2D eigenvalue weighted by molar-refractivity contribution is 0.325. The number of aromatic nitrogens is 1. The van der Waals surface area contributed by atoms with Gasteiger partial charge in [-0.3, -0.25) is 0 Å². The topological polar surface area (TPSA) is 46.3 Å². The molecular formula is C9H8ClNO2. The molecule has 2 rings (SSSR count). The van der Waals surface area contributed by atoms with E-state index in [2.05, 4.69) is 4.98 Å². The van der Waals surface area contributed by atoms with Crippen molar-refractivity contribution in [2.45, 2.75) is 13.3 Å². The van der Waals surface area contributed by atoms with Crippen molar-refractivity contribution >= 4 is 22.4 Å². The van der Waals surface area contributed by atoms with Gasteiger partial charge in [-0.25, -0.2) is 4.98 Å². The molecule has 0 fully saturated rings. The van der Waals surface area contributed by atoms with Crippen molar-refractivity contribution in [2.75, 3.05) is 0 Å². The van der Waals surface area contributed by atoms with Crippen molar-refractivity contribution in [3.8, 4) is 5.95 Å². The molecule has 0 aliphatic carbocycles. The molecule has 0 bridgehead atoms. The zero-order valence-electron chi connectivity index (χ0n) is 7.04. The van der Waals surface area contributed by atoms with Crippen LogP contribution < -0.4 is 0 Å². The van der Waals surface area contributed by atoms with E-state index >= 15 is 0 Å². The molecule has 0 aromatic carbocycles. The van der Waals surface area contributed by atoms with Crippen LogP contribution in [0.1, 0.15) is 12.7 Å². The van der Waals surface area contributed by atoms with Gasteiger partial charge in [-0.15, -0.1) is 0 Å². The van der Waals surface area contributed by atoms with E-state index in [0.717, 1.165) is 17.6 Å². The fourth-order valence-corrected chi connectivity index (χ4v) is 1.48. The van der Waals surface area contributed by atoms with Crippen molar-refractivity contribution in [3.63, 3.8) is 0 Å². The molecule has 68 valence electrons. The first-order valence-electron chi connectivity index (χ1n) is 3.98. The predicted molar refractivity (Wildman–Crippen MR) is 50.1 cm³/mol. The Kier molecular flexibility index (Phi) is 1.88. The van der Waals surface area contributed by atoms with Gasteiger partial charge in [0.05, 0.1) is 5.39 Å². The number of halogens is 1. The smallest absolute Gasteiger partial charge is 0.291 e. The second kappa shape index (κ2) is 2.92. The van der Waals surface area contributed by atoms with Crippen LogP contribution in [0.15, 0.2) is 16.7 Å². The highest BCUT2D eigenvalue weighted by atomic mass is 35.5. The highest BCUT2D eigenvalue weighted by Crippen LogP contribution is 2.31. The third kappa shape index (κ3) is 1.25. The maximum atomic E-state index is 9.36. The summed E-state index contributed by atoms with van der Waals surface area (Å²) in [5.74, 6) is 0.646. The van der Waals surface area contributed by atoms with E-state index in [0.29, 0.717) is 10.5 Å². The molecule has 0 saturated heterocycles. The van der Waals surface area contributed by atoms with Gasteiger partial charge in [-0.05, 0) is 6.07 Å². The molecule has 0 unspecified atom stereocenters. The van der Waals surface area contributed by atoms with E-state index in [1.165, 1.54) is 6.20 Å². The van der Waals surface area contributed by atoms with Crippen molar-refractivity contribution in [1.82, 2.24) is 4.98 Å². The molecular weight excluding hydrogens is 190 g/mol. The lowest BCUT2D eigenvalue weighted by Gasteiger charge is -1.91. The van der Waals surface area contributed by atoms with Crippen LogP contribution in [0.3, 0.4) is 0 Å². The van der Waals surface area contributed by atoms with Crippen molar-refractivity contribution in [2.24, 2.45) is 0 Å². The van der Waals surface area contributed by atoms with Crippen molar-refractivity contribution in [3.05, 3.63) is 23.2 Å². The van der Waals surface area contributed by atoms with Crippen LogP contribution in [0.5, 0.6) is 5.95 Å². The van der Waals surface area contributed by atoms with E-state index in [1.54, 1.807) is 6.07 Å². The summed E-state index contributed by atoms with van der Waals surface area (Å²) < 4.78 is 5.13. The molecule has 3 nitrogen and oxygen atoms in total. The third-order valence-corrected chi connectivity index (χ3v) is 2.15. The van der Waals surface area contributed by atoms with E-state index in [9.17, 15) is 5.11 Å². The summed E-state index contributed by atoms with van der Waals surface area (Å²) in [5, 5.41) is 11.2. The summed E-state index contributed by atoms with van der Waals surface area (Å²) in [6, 6.07) is 1.69. The molecule has 0 radical (unpaired) electrons. The van der Waals surface area contributed by atoms with Gasteiger partial charge in [0.25, 0.3) is 5.95 Å². The first-order chi connectivity index (χ1) is 6.22. The van der Waals surface area contributed by atoms with Crippen molar-refractivity contribution in [1.29, 1.82) is 0 Å². The summed E-state index contributed by atoms with van der Waals surface area (Å²) in [6.07, 6.45) is 2.23. The Balaban J connectivity index is 2.81. The summed E-state index contributed by atoms with van der Waals surface area (Å²) >= 11 is 5.72. The number of aryl methyl sites for hydroxylation is 1. The normalized spacial score (nSPS) is 10.9. The van der Waals surface area contributed by atoms with Crippen LogP contribution in [-0.4, -0.2) is 10.1 Å². The molecule has 2 aromatic heterocycles. The second-order valence-electron chi connectivity index (χ2n) is 2.74. The van der Waals surface area contributed by atoms with Crippen LogP contribution in [0.25, 0.3) is 10.8 Å². The third-order valence-electron chi connectivity index (χ3n) is 1.94. The van der Waals surface area contributed by atoms with Crippen LogP contribution in [0.4, 0.5) is 0 Å². The highest BCUT2D eigenvalue weighted by Gasteiger charge is 2.11. The molecule has 0 saturated carbocycles. The van der Waals surface area contributed by atoms with Crippen LogP contribution >= 0.6 is 11.6 Å². The van der Waals surface area contributed by atoms with E-state index in [1.807, 2.05) is 6.92 Å². The number of furan rings is 1. The minimum absolute atomic E-state index is 0.0870. The number of hydrogen-bond donors (Lipinski definition) is 1. The quantitative estimate of drug-likeness (QED) is 0.715. The molecule has 0 aliphatic heterocycles. The van der Waals surface area contributed by atoms with Crippen LogP contribution in [-0.2, 0) is 6.42 Å². The monoisotopic (exact) mass is 197 g/mol. The zero-order chi connectivity index (χ0) is 9.42. The molecule has 13 heavy (non-hydrogen) atoms. The SMILES string of the molecule is CCc1oc(O)c2cnc(Cl)cc12. The minimum Gasteiger partial charge on any atom is -0.480 e. The number of aromatic hydroxyl groups is 1. The Morgan fingerprint density at radius 2 is 2.31 bits per heavy atom. The summed E-state index contributed by atoms with van der Waals surface area (Å²) in [5.41, 5.74) is 0.